The number of rotatable bonds is 3. The summed E-state index contributed by atoms with van der Waals surface area (Å²) < 4.78 is 25.1. The molecular formula is C20H26N4O7. The van der Waals surface area contributed by atoms with Crippen LogP contribution in [-0.4, -0.2) is 72.3 Å². The maximum absolute atomic E-state index is 12.2. The van der Waals surface area contributed by atoms with Crippen LogP contribution < -0.4 is 5.32 Å². The van der Waals surface area contributed by atoms with Crippen LogP contribution in [0.3, 0.4) is 0 Å². The number of fused-ring (bicyclic) bond motifs is 1. The summed E-state index contributed by atoms with van der Waals surface area (Å²) in [6.45, 7) is 8.41. The molecule has 0 radical (unpaired) electrons. The zero-order valence-corrected chi connectivity index (χ0v) is 17.9. The van der Waals surface area contributed by atoms with Gasteiger partial charge in [-0.2, -0.15) is 5.10 Å². The molecule has 1 spiro atoms. The smallest absolute Gasteiger partial charge is 0.413 e. The fourth-order valence-corrected chi connectivity index (χ4v) is 4.76. The van der Waals surface area contributed by atoms with Gasteiger partial charge in [0.05, 0.1) is 12.3 Å². The zero-order valence-electron chi connectivity index (χ0n) is 17.9. The van der Waals surface area contributed by atoms with Crippen molar-refractivity contribution in [3.05, 3.63) is 24.2 Å². The van der Waals surface area contributed by atoms with Crippen LogP contribution in [0.15, 0.2) is 18.5 Å². The van der Waals surface area contributed by atoms with Gasteiger partial charge in [0.25, 0.3) is 0 Å². The van der Waals surface area contributed by atoms with Crippen LogP contribution in [0.5, 0.6) is 0 Å². The van der Waals surface area contributed by atoms with Crippen molar-refractivity contribution in [2.45, 2.75) is 75.5 Å². The molecule has 3 fully saturated rings. The molecule has 31 heavy (non-hydrogen) atoms. The lowest BCUT2D eigenvalue weighted by Gasteiger charge is -2.24. The van der Waals surface area contributed by atoms with E-state index in [2.05, 4.69) is 15.4 Å². The lowest BCUT2D eigenvalue weighted by molar-refractivity contribution is -0.192. The predicted octanol–water partition coefficient (Wildman–Crippen LogP) is 1.14. The molecule has 2 aromatic heterocycles. The Kier molecular flexibility index (Phi) is 4.08. The maximum atomic E-state index is 12.2. The third-order valence-electron chi connectivity index (χ3n) is 5.91. The van der Waals surface area contributed by atoms with Crippen LogP contribution in [-0.2, 0) is 18.9 Å². The molecule has 3 N–H and O–H groups in total. The first-order valence-corrected chi connectivity index (χ1v) is 10.1. The van der Waals surface area contributed by atoms with Crippen LogP contribution >= 0.6 is 0 Å². The minimum Gasteiger partial charge on any atom is -0.444 e. The molecule has 2 saturated heterocycles. The Bertz CT molecular complexity index is 1060. The lowest BCUT2D eigenvalue weighted by atomic mass is 10.0. The number of nitrogens with zero attached hydrogens (tertiary/aromatic N) is 3. The molecular weight excluding hydrogens is 408 g/mol. The Labute approximate surface area is 178 Å². The third-order valence-corrected chi connectivity index (χ3v) is 5.91. The molecule has 11 nitrogen and oxygen atoms in total. The maximum Gasteiger partial charge on any atom is 0.413 e. The van der Waals surface area contributed by atoms with Crippen LogP contribution in [0.1, 0.15) is 46.4 Å². The fourth-order valence-electron chi connectivity index (χ4n) is 4.76. The minimum atomic E-state index is -1.26. The first-order valence-electron chi connectivity index (χ1n) is 10.1. The number of aliphatic hydroxyl groups is 2. The van der Waals surface area contributed by atoms with Gasteiger partial charge < -0.3 is 29.2 Å². The number of anilines is 1. The van der Waals surface area contributed by atoms with Gasteiger partial charge in [-0.3, -0.25) is 5.32 Å². The van der Waals surface area contributed by atoms with Gasteiger partial charge in [0.2, 0.25) is 0 Å². The third kappa shape index (κ3) is 2.74. The second kappa shape index (κ2) is 6.14. The lowest BCUT2D eigenvalue weighted by Crippen LogP contribution is -2.32. The van der Waals surface area contributed by atoms with E-state index in [1.54, 1.807) is 51.3 Å². The molecule has 3 aliphatic rings. The van der Waals surface area contributed by atoms with Crippen molar-refractivity contribution in [1.82, 2.24) is 14.6 Å². The molecule has 1 aliphatic carbocycles. The Morgan fingerprint density at radius 1 is 1.32 bits per heavy atom. The Morgan fingerprint density at radius 3 is 2.74 bits per heavy atom. The summed E-state index contributed by atoms with van der Waals surface area (Å²) in [6.07, 6.45) is -1.64. The van der Waals surface area contributed by atoms with E-state index >= 15 is 0 Å². The van der Waals surface area contributed by atoms with E-state index in [0.717, 1.165) is 0 Å². The SMILES string of the molecule is CC(C)(C)OC(=O)Nc1ncnn2c([C@@H]3O[C@]4(CO)C(O)[C@@]45OC(C)(C)O[C@@H]35)ccc12. The second-order valence-corrected chi connectivity index (χ2v) is 9.61. The summed E-state index contributed by atoms with van der Waals surface area (Å²) in [5, 5.41) is 27.5. The van der Waals surface area contributed by atoms with E-state index in [9.17, 15) is 15.0 Å². The van der Waals surface area contributed by atoms with E-state index in [1.807, 2.05) is 0 Å². The van der Waals surface area contributed by atoms with Crippen molar-refractivity contribution >= 4 is 17.4 Å². The summed E-state index contributed by atoms with van der Waals surface area (Å²) in [5.41, 5.74) is -1.92. The van der Waals surface area contributed by atoms with Crippen molar-refractivity contribution < 1.29 is 34.0 Å². The van der Waals surface area contributed by atoms with Gasteiger partial charge in [0.1, 0.15) is 35.8 Å². The molecule has 1 amide bonds. The highest BCUT2D eigenvalue weighted by Crippen LogP contribution is 2.70. The van der Waals surface area contributed by atoms with Gasteiger partial charge in [-0.1, -0.05) is 0 Å². The molecule has 168 valence electrons. The van der Waals surface area contributed by atoms with Gasteiger partial charge in [-0.15, -0.1) is 0 Å². The standard InChI is InChI=1S/C20H26N4O7/c1-17(2,3)30-16(27)23-14-11-7-6-10(24(11)22-9-21-14)12-13-20(31-18(4,5)29-13)15(26)19(20,8-25)28-12/h6-7,9,12-13,15,25-26H,8H2,1-5H3,(H,21,22,23,27)/t12-,13-,15?,19+,20+/m0/s1. The predicted molar refractivity (Wildman–Crippen MR) is 105 cm³/mol. The number of carbonyl (C=O) groups excluding carboxylic acids is 1. The first-order chi connectivity index (χ1) is 14.4. The normalized spacial score (nSPS) is 35.6. The van der Waals surface area contributed by atoms with Crippen LogP contribution in [0, 0.1) is 0 Å². The Balaban J connectivity index is 1.49. The monoisotopic (exact) mass is 434 g/mol. The number of aliphatic hydroxyl groups excluding tert-OH is 2. The van der Waals surface area contributed by atoms with Crippen molar-refractivity contribution in [1.29, 1.82) is 0 Å². The van der Waals surface area contributed by atoms with Gasteiger partial charge in [0, 0.05) is 0 Å². The molecule has 1 unspecified atom stereocenters. The molecule has 0 aromatic carbocycles. The van der Waals surface area contributed by atoms with Gasteiger partial charge in [-0.05, 0) is 46.8 Å². The van der Waals surface area contributed by atoms with Gasteiger partial charge in [0.15, 0.2) is 22.8 Å². The Hall–Kier alpha value is -2.31. The number of ether oxygens (including phenoxy) is 4. The van der Waals surface area contributed by atoms with Crippen molar-refractivity contribution in [3.8, 4) is 0 Å². The summed E-state index contributed by atoms with van der Waals surface area (Å²) >= 11 is 0. The van der Waals surface area contributed by atoms with E-state index in [1.165, 1.54) is 6.33 Å². The number of nitrogens with one attached hydrogen (secondary N) is 1. The minimum absolute atomic E-state index is 0.272. The van der Waals surface area contributed by atoms with Crippen molar-refractivity contribution in [2.24, 2.45) is 0 Å². The quantitative estimate of drug-likeness (QED) is 0.649. The van der Waals surface area contributed by atoms with E-state index in [0.29, 0.717) is 11.2 Å². The molecule has 4 heterocycles. The summed E-state index contributed by atoms with van der Waals surface area (Å²) in [4.78, 5) is 16.4. The highest BCUT2D eigenvalue weighted by molar-refractivity contribution is 5.88. The first kappa shape index (κ1) is 20.6. The van der Waals surface area contributed by atoms with Crippen LogP contribution in [0.4, 0.5) is 10.6 Å². The summed E-state index contributed by atoms with van der Waals surface area (Å²) in [6, 6.07) is 3.52. The van der Waals surface area contributed by atoms with Crippen LogP contribution in [0.2, 0.25) is 0 Å². The second-order valence-electron chi connectivity index (χ2n) is 9.61. The van der Waals surface area contributed by atoms with Gasteiger partial charge in [-0.25, -0.2) is 14.3 Å². The fraction of sp³-hybridized carbons (Fsp3) is 0.650. The van der Waals surface area contributed by atoms with Crippen molar-refractivity contribution in [3.63, 3.8) is 0 Å². The van der Waals surface area contributed by atoms with E-state index < -0.39 is 53.6 Å². The molecule has 2 aliphatic heterocycles. The number of hydrogen-bond donors (Lipinski definition) is 3. The number of aromatic nitrogens is 3. The molecule has 0 bridgehead atoms. The Morgan fingerprint density at radius 2 is 2.06 bits per heavy atom. The highest BCUT2D eigenvalue weighted by Gasteiger charge is 2.92. The molecule has 2 aromatic rings. The highest BCUT2D eigenvalue weighted by atomic mass is 16.8. The number of hydrogen-bond acceptors (Lipinski definition) is 9. The molecule has 5 atom stereocenters. The molecule has 11 heteroatoms. The average molecular weight is 434 g/mol. The van der Waals surface area contributed by atoms with Crippen molar-refractivity contribution in [2.75, 3.05) is 11.9 Å². The zero-order chi connectivity index (χ0) is 22.4. The number of carbonyl (C=O) groups is 1. The van der Waals surface area contributed by atoms with Crippen LogP contribution in [0.25, 0.3) is 5.52 Å². The average Bonchev–Trinajstić information content (AvgIpc) is 3.05. The van der Waals surface area contributed by atoms with Gasteiger partial charge >= 0.3 is 6.09 Å². The topological polar surface area (TPSA) is 137 Å². The van der Waals surface area contributed by atoms with E-state index in [4.69, 9.17) is 18.9 Å². The summed E-state index contributed by atoms with van der Waals surface area (Å²) in [5.74, 6) is -0.676. The number of amides is 1. The largest absolute Gasteiger partial charge is 0.444 e. The van der Waals surface area contributed by atoms with E-state index in [-0.39, 0.29) is 5.82 Å². The molecule has 1 saturated carbocycles. The molecule has 5 rings (SSSR count). The summed E-state index contributed by atoms with van der Waals surface area (Å²) in [7, 11) is 0.